The first kappa shape index (κ1) is 15.9. The van der Waals surface area contributed by atoms with Gasteiger partial charge in [0.25, 0.3) is 0 Å². The third-order valence-corrected chi connectivity index (χ3v) is 3.74. The first-order valence-corrected chi connectivity index (χ1v) is 6.99. The lowest BCUT2D eigenvalue weighted by atomic mass is 9.98. The molecule has 1 aliphatic heterocycles. The highest BCUT2D eigenvalue weighted by atomic mass is 16.5. The molecule has 5 nitrogen and oxygen atoms in total. The minimum absolute atomic E-state index is 0.134. The van der Waals surface area contributed by atoms with Crippen LogP contribution in [-0.2, 0) is 9.53 Å². The Kier molecular flexibility index (Phi) is 7.46. The highest BCUT2D eigenvalue weighted by Gasteiger charge is 2.19. The summed E-state index contributed by atoms with van der Waals surface area (Å²) < 4.78 is 5.18. The number of nitriles is 1. The summed E-state index contributed by atoms with van der Waals surface area (Å²) in [4.78, 5) is 15.8. The average molecular weight is 267 g/mol. The second-order valence-electron chi connectivity index (χ2n) is 5.21. The van der Waals surface area contributed by atoms with Gasteiger partial charge in [-0.3, -0.25) is 4.79 Å². The molecule has 0 aromatic rings. The van der Waals surface area contributed by atoms with Crippen molar-refractivity contribution in [2.75, 3.05) is 46.9 Å². The van der Waals surface area contributed by atoms with Crippen molar-refractivity contribution in [3.63, 3.8) is 0 Å². The molecular weight excluding hydrogens is 242 g/mol. The number of likely N-dealkylation sites (tertiary alicyclic amines) is 1. The van der Waals surface area contributed by atoms with Crippen molar-refractivity contribution in [3.8, 4) is 6.07 Å². The van der Waals surface area contributed by atoms with Crippen LogP contribution in [0.2, 0.25) is 0 Å². The molecule has 108 valence electrons. The van der Waals surface area contributed by atoms with Gasteiger partial charge in [0.2, 0.25) is 5.91 Å². The van der Waals surface area contributed by atoms with Crippen LogP contribution >= 0.6 is 0 Å². The Balaban J connectivity index is 2.16. The Morgan fingerprint density at radius 1 is 1.47 bits per heavy atom. The van der Waals surface area contributed by atoms with E-state index in [-0.39, 0.29) is 5.91 Å². The SMILES string of the molecule is COCC1CCN(CCC(=O)N(C)CCC#N)CC1. The Morgan fingerprint density at radius 3 is 2.74 bits per heavy atom. The summed E-state index contributed by atoms with van der Waals surface area (Å²) in [5.41, 5.74) is 0. The molecule has 1 fully saturated rings. The van der Waals surface area contributed by atoms with E-state index in [0.717, 1.165) is 39.1 Å². The number of hydrogen-bond acceptors (Lipinski definition) is 4. The van der Waals surface area contributed by atoms with Gasteiger partial charge in [-0.2, -0.15) is 5.26 Å². The van der Waals surface area contributed by atoms with Gasteiger partial charge in [0, 0.05) is 40.3 Å². The van der Waals surface area contributed by atoms with Crippen molar-refractivity contribution >= 4 is 5.91 Å². The van der Waals surface area contributed by atoms with Gasteiger partial charge >= 0.3 is 0 Å². The molecule has 1 aliphatic rings. The molecule has 0 unspecified atom stereocenters. The van der Waals surface area contributed by atoms with Gasteiger partial charge in [-0.15, -0.1) is 0 Å². The van der Waals surface area contributed by atoms with Crippen molar-refractivity contribution in [2.24, 2.45) is 5.92 Å². The van der Waals surface area contributed by atoms with Crippen LogP contribution in [0.1, 0.15) is 25.7 Å². The highest BCUT2D eigenvalue weighted by Crippen LogP contribution is 2.17. The number of carbonyl (C=O) groups is 1. The molecule has 1 rings (SSSR count). The number of ether oxygens (including phenoxy) is 1. The quantitative estimate of drug-likeness (QED) is 0.693. The second-order valence-corrected chi connectivity index (χ2v) is 5.21. The molecule has 0 bridgehead atoms. The largest absolute Gasteiger partial charge is 0.384 e. The maximum absolute atomic E-state index is 11.8. The van der Waals surface area contributed by atoms with Gasteiger partial charge in [0.05, 0.1) is 12.5 Å². The Bertz CT molecular complexity index is 306. The van der Waals surface area contributed by atoms with Crippen molar-refractivity contribution in [1.29, 1.82) is 5.26 Å². The van der Waals surface area contributed by atoms with E-state index in [1.807, 2.05) is 0 Å². The Hall–Kier alpha value is -1.12. The zero-order chi connectivity index (χ0) is 14.1. The molecule has 0 aromatic heterocycles. The number of piperidine rings is 1. The van der Waals surface area contributed by atoms with Gasteiger partial charge in [-0.05, 0) is 31.8 Å². The molecule has 0 spiro atoms. The van der Waals surface area contributed by atoms with Crippen molar-refractivity contribution in [2.45, 2.75) is 25.7 Å². The topological polar surface area (TPSA) is 56.6 Å². The fraction of sp³-hybridized carbons (Fsp3) is 0.857. The Labute approximate surface area is 116 Å². The summed E-state index contributed by atoms with van der Waals surface area (Å²) in [6, 6.07) is 2.06. The first-order chi connectivity index (χ1) is 9.17. The summed E-state index contributed by atoms with van der Waals surface area (Å²) in [6.45, 7) is 4.33. The zero-order valence-corrected chi connectivity index (χ0v) is 12.1. The lowest BCUT2D eigenvalue weighted by Crippen LogP contribution is -2.38. The monoisotopic (exact) mass is 267 g/mol. The summed E-state index contributed by atoms with van der Waals surface area (Å²) in [5, 5.41) is 8.49. The predicted octanol–water partition coefficient (Wildman–Crippen LogP) is 1.11. The van der Waals surface area contributed by atoms with E-state index in [1.54, 1.807) is 19.1 Å². The fourth-order valence-electron chi connectivity index (χ4n) is 2.40. The fourth-order valence-corrected chi connectivity index (χ4v) is 2.40. The number of rotatable bonds is 7. The van der Waals surface area contributed by atoms with E-state index >= 15 is 0 Å². The van der Waals surface area contributed by atoms with Crippen molar-refractivity contribution < 1.29 is 9.53 Å². The van der Waals surface area contributed by atoms with Crippen LogP contribution in [0.25, 0.3) is 0 Å². The van der Waals surface area contributed by atoms with Crippen molar-refractivity contribution in [1.82, 2.24) is 9.80 Å². The predicted molar refractivity (Wildman–Crippen MR) is 73.5 cm³/mol. The molecule has 1 amide bonds. The van der Waals surface area contributed by atoms with Crippen LogP contribution in [0.4, 0.5) is 0 Å². The molecule has 1 saturated heterocycles. The van der Waals surface area contributed by atoms with Crippen molar-refractivity contribution in [3.05, 3.63) is 0 Å². The van der Waals surface area contributed by atoms with Gasteiger partial charge in [-0.1, -0.05) is 0 Å². The summed E-state index contributed by atoms with van der Waals surface area (Å²) >= 11 is 0. The highest BCUT2D eigenvalue weighted by molar-refractivity contribution is 5.76. The molecule has 0 aromatic carbocycles. The summed E-state index contributed by atoms with van der Waals surface area (Å²) in [5.74, 6) is 0.810. The van der Waals surface area contributed by atoms with Crippen LogP contribution in [0.15, 0.2) is 0 Å². The molecule has 5 heteroatoms. The van der Waals surface area contributed by atoms with Gasteiger partial charge in [-0.25, -0.2) is 0 Å². The standard InChI is InChI=1S/C14H25N3O2/c1-16(8-3-7-15)14(18)6-11-17-9-4-13(5-10-17)12-19-2/h13H,3-6,8-12H2,1-2H3. The number of amides is 1. The lowest BCUT2D eigenvalue weighted by Gasteiger charge is -2.31. The molecule has 0 radical (unpaired) electrons. The normalized spacial score (nSPS) is 17.1. The van der Waals surface area contributed by atoms with Crippen LogP contribution in [0, 0.1) is 17.2 Å². The first-order valence-electron chi connectivity index (χ1n) is 6.99. The number of hydrogen-bond donors (Lipinski definition) is 0. The molecule has 0 N–H and O–H groups in total. The zero-order valence-electron chi connectivity index (χ0n) is 12.1. The molecule has 0 aliphatic carbocycles. The van der Waals surface area contributed by atoms with Crippen LogP contribution < -0.4 is 0 Å². The molecule has 0 atom stereocenters. The third-order valence-electron chi connectivity index (χ3n) is 3.74. The molecule has 1 heterocycles. The van der Waals surface area contributed by atoms with E-state index in [2.05, 4.69) is 11.0 Å². The molecule has 19 heavy (non-hydrogen) atoms. The minimum atomic E-state index is 0.134. The number of nitrogens with zero attached hydrogens (tertiary/aromatic N) is 3. The third kappa shape index (κ3) is 6.04. The summed E-state index contributed by atoms with van der Waals surface area (Å²) in [7, 11) is 3.52. The van der Waals surface area contributed by atoms with Gasteiger partial charge in [0.15, 0.2) is 0 Å². The van der Waals surface area contributed by atoms with E-state index < -0.39 is 0 Å². The van der Waals surface area contributed by atoms with E-state index in [0.29, 0.717) is 25.3 Å². The Morgan fingerprint density at radius 2 is 2.16 bits per heavy atom. The smallest absolute Gasteiger partial charge is 0.223 e. The second kappa shape index (κ2) is 8.89. The van der Waals surface area contributed by atoms with E-state index in [1.165, 1.54) is 0 Å². The minimum Gasteiger partial charge on any atom is -0.384 e. The lowest BCUT2D eigenvalue weighted by molar-refractivity contribution is -0.130. The van der Waals surface area contributed by atoms with Crippen LogP contribution in [0.3, 0.4) is 0 Å². The average Bonchev–Trinajstić information content (AvgIpc) is 2.44. The maximum Gasteiger partial charge on any atom is 0.223 e. The van der Waals surface area contributed by atoms with E-state index in [9.17, 15) is 4.79 Å². The van der Waals surface area contributed by atoms with Gasteiger partial charge < -0.3 is 14.5 Å². The molecular formula is C14H25N3O2. The van der Waals surface area contributed by atoms with Gasteiger partial charge in [0.1, 0.15) is 0 Å². The summed E-state index contributed by atoms with van der Waals surface area (Å²) in [6.07, 6.45) is 3.28. The number of methoxy groups -OCH3 is 1. The van der Waals surface area contributed by atoms with Crippen LogP contribution in [-0.4, -0.2) is 62.7 Å². The van der Waals surface area contributed by atoms with E-state index in [4.69, 9.17) is 10.00 Å². The number of carbonyl (C=O) groups excluding carboxylic acids is 1. The van der Waals surface area contributed by atoms with Crippen LogP contribution in [0.5, 0.6) is 0 Å². The molecule has 0 saturated carbocycles. The maximum atomic E-state index is 11.8.